The van der Waals surface area contributed by atoms with E-state index in [1.807, 2.05) is 18.2 Å². The van der Waals surface area contributed by atoms with Crippen molar-refractivity contribution < 1.29 is 18.3 Å². The average Bonchev–Trinajstić information content (AvgIpc) is 3.54. The number of aromatic nitrogens is 2. The number of nitrogens with zero attached hydrogens (tertiary/aromatic N) is 1. The number of hydrogen-bond acceptors (Lipinski definition) is 6. The van der Waals surface area contributed by atoms with Crippen LogP contribution < -0.4 is 14.8 Å². The molecule has 1 fully saturated rings. The molecule has 0 spiro atoms. The fourth-order valence-electron chi connectivity index (χ4n) is 3.45. The minimum absolute atomic E-state index is 0.287. The number of hydrogen-bond donors (Lipinski definition) is 4. The summed E-state index contributed by atoms with van der Waals surface area (Å²) >= 11 is 0. The normalized spacial score (nSPS) is 15.2. The molecular formula is C22H28N4O4S. The van der Waals surface area contributed by atoms with Crippen molar-refractivity contribution in [2.45, 2.75) is 37.5 Å². The smallest absolute Gasteiger partial charge is 0.235 e. The first-order chi connectivity index (χ1) is 15.0. The van der Waals surface area contributed by atoms with Crippen molar-refractivity contribution in [3.05, 3.63) is 53.7 Å². The molecular weight excluding hydrogens is 416 g/mol. The number of sulfonamides is 1. The molecule has 0 bridgehead atoms. The number of nitrogens with one attached hydrogen (secondary N) is 3. The van der Waals surface area contributed by atoms with Crippen molar-refractivity contribution in [2.75, 3.05) is 24.4 Å². The van der Waals surface area contributed by atoms with Gasteiger partial charge in [-0.15, -0.1) is 0 Å². The Hall–Kier alpha value is -2.62. The van der Waals surface area contributed by atoms with Crippen LogP contribution in [0, 0.1) is 0 Å². The Balaban J connectivity index is 1.23. The van der Waals surface area contributed by atoms with Crippen LogP contribution in [-0.2, 0) is 16.4 Å². The molecule has 1 unspecified atom stereocenters. The van der Waals surface area contributed by atoms with Gasteiger partial charge in [0.25, 0.3) is 0 Å². The number of ether oxygens (including phenoxy) is 1. The highest BCUT2D eigenvalue weighted by Gasteiger charge is 2.35. The second-order valence-electron chi connectivity index (χ2n) is 7.77. The van der Waals surface area contributed by atoms with Crippen molar-refractivity contribution >= 4 is 26.6 Å². The topological polar surface area (TPSA) is 116 Å². The number of aliphatic hydroxyl groups excluding tert-OH is 1. The molecule has 9 heteroatoms. The fraction of sp³-hybridized carbons (Fsp3) is 0.409. The zero-order valence-electron chi connectivity index (χ0n) is 17.5. The predicted octanol–water partition coefficient (Wildman–Crippen LogP) is 2.73. The van der Waals surface area contributed by atoms with Gasteiger partial charge in [-0.3, -0.25) is 9.82 Å². The Morgan fingerprint density at radius 2 is 2.10 bits per heavy atom. The molecule has 166 valence electrons. The SMILES string of the molecule is CCc1n[nH]c2cc(OCCNCC(O)c3cccc(NS(=O)(=O)C4CC4)c3)ccc12. The number of anilines is 1. The van der Waals surface area contributed by atoms with Crippen LogP contribution in [0.4, 0.5) is 5.69 Å². The molecule has 4 rings (SSSR count). The summed E-state index contributed by atoms with van der Waals surface area (Å²) in [5.74, 6) is 0.761. The van der Waals surface area contributed by atoms with Crippen LogP contribution in [0.25, 0.3) is 10.9 Å². The van der Waals surface area contributed by atoms with Crippen LogP contribution in [-0.4, -0.2) is 48.7 Å². The Morgan fingerprint density at radius 1 is 1.26 bits per heavy atom. The minimum Gasteiger partial charge on any atom is -0.492 e. The molecule has 0 radical (unpaired) electrons. The van der Waals surface area contributed by atoms with E-state index in [0.717, 1.165) is 28.8 Å². The van der Waals surface area contributed by atoms with E-state index in [-0.39, 0.29) is 5.25 Å². The lowest BCUT2D eigenvalue weighted by atomic mass is 10.1. The first kappa shape index (κ1) is 21.6. The Labute approximate surface area is 182 Å². The van der Waals surface area contributed by atoms with E-state index >= 15 is 0 Å². The summed E-state index contributed by atoms with van der Waals surface area (Å²) in [4.78, 5) is 0. The lowest BCUT2D eigenvalue weighted by molar-refractivity contribution is 0.172. The Morgan fingerprint density at radius 3 is 2.87 bits per heavy atom. The van der Waals surface area contributed by atoms with Crippen molar-refractivity contribution in [1.82, 2.24) is 15.5 Å². The van der Waals surface area contributed by atoms with E-state index in [1.165, 1.54) is 0 Å². The zero-order valence-corrected chi connectivity index (χ0v) is 18.3. The summed E-state index contributed by atoms with van der Waals surface area (Å²) < 4.78 is 32.6. The third-order valence-corrected chi connectivity index (χ3v) is 7.20. The van der Waals surface area contributed by atoms with Gasteiger partial charge in [0.05, 0.1) is 22.6 Å². The van der Waals surface area contributed by atoms with Gasteiger partial charge < -0.3 is 15.2 Å². The molecule has 1 aromatic heterocycles. The van der Waals surface area contributed by atoms with E-state index in [4.69, 9.17) is 4.74 Å². The molecule has 1 aliphatic carbocycles. The summed E-state index contributed by atoms with van der Waals surface area (Å²) in [6, 6.07) is 12.8. The maximum absolute atomic E-state index is 12.1. The van der Waals surface area contributed by atoms with Crippen LogP contribution in [0.3, 0.4) is 0 Å². The van der Waals surface area contributed by atoms with Crippen LogP contribution in [0.5, 0.6) is 5.75 Å². The summed E-state index contributed by atoms with van der Waals surface area (Å²) in [5, 5.41) is 21.7. The van der Waals surface area contributed by atoms with Gasteiger partial charge in [-0.1, -0.05) is 19.1 Å². The van der Waals surface area contributed by atoms with Crippen LogP contribution in [0.15, 0.2) is 42.5 Å². The van der Waals surface area contributed by atoms with Gasteiger partial charge in [0, 0.05) is 30.2 Å². The molecule has 3 aromatic rings. The van der Waals surface area contributed by atoms with Gasteiger partial charge in [-0.25, -0.2) is 8.42 Å². The van der Waals surface area contributed by atoms with Gasteiger partial charge in [0.15, 0.2) is 0 Å². The van der Waals surface area contributed by atoms with Gasteiger partial charge in [0.1, 0.15) is 12.4 Å². The average molecular weight is 445 g/mol. The van der Waals surface area contributed by atoms with Crippen LogP contribution >= 0.6 is 0 Å². The van der Waals surface area contributed by atoms with Crippen molar-refractivity contribution in [3.63, 3.8) is 0 Å². The molecule has 0 amide bonds. The predicted molar refractivity (Wildman–Crippen MR) is 121 cm³/mol. The lowest BCUT2D eigenvalue weighted by Crippen LogP contribution is -2.26. The quantitative estimate of drug-likeness (QED) is 0.338. The molecule has 8 nitrogen and oxygen atoms in total. The fourth-order valence-corrected chi connectivity index (χ4v) is 4.83. The number of rotatable bonds is 11. The van der Waals surface area contributed by atoms with Gasteiger partial charge in [-0.05, 0) is 49.1 Å². The maximum atomic E-state index is 12.1. The molecule has 1 saturated carbocycles. The van der Waals surface area contributed by atoms with Crippen molar-refractivity contribution in [3.8, 4) is 5.75 Å². The summed E-state index contributed by atoms with van der Waals surface area (Å²) in [7, 11) is -3.32. The number of fused-ring (bicyclic) bond motifs is 1. The van der Waals surface area contributed by atoms with E-state index in [2.05, 4.69) is 27.2 Å². The van der Waals surface area contributed by atoms with Crippen molar-refractivity contribution in [1.29, 1.82) is 0 Å². The van der Waals surface area contributed by atoms with Gasteiger partial charge >= 0.3 is 0 Å². The standard InChI is InChI=1S/C22H28N4O4S/c1-2-20-19-9-6-17(13-21(19)25-24-20)30-11-10-23-14-22(27)15-4-3-5-16(12-15)26-31(28,29)18-7-8-18/h3-6,9,12-13,18,22-23,26-27H,2,7-8,10-11,14H2,1H3,(H,24,25). The number of aryl methyl sites for hydroxylation is 1. The third-order valence-electron chi connectivity index (χ3n) is 5.33. The van der Waals surface area contributed by atoms with Gasteiger partial charge in [0.2, 0.25) is 10.0 Å². The minimum atomic E-state index is -3.32. The number of aromatic amines is 1. The van der Waals surface area contributed by atoms with E-state index < -0.39 is 16.1 Å². The third kappa shape index (κ3) is 5.36. The zero-order chi connectivity index (χ0) is 21.8. The largest absolute Gasteiger partial charge is 0.492 e. The monoisotopic (exact) mass is 444 g/mol. The molecule has 31 heavy (non-hydrogen) atoms. The highest BCUT2D eigenvalue weighted by molar-refractivity contribution is 7.93. The summed E-state index contributed by atoms with van der Waals surface area (Å²) in [6.45, 7) is 3.42. The Kier molecular flexibility index (Phi) is 6.45. The molecule has 1 aliphatic rings. The number of benzene rings is 2. The van der Waals surface area contributed by atoms with E-state index in [9.17, 15) is 13.5 Å². The maximum Gasteiger partial charge on any atom is 0.235 e. The molecule has 4 N–H and O–H groups in total. The molecule has 1 heterocycles. The highest BCUT2D eigenvalue weighted by Crippen LogP contribution is 2.30. The summed E-state index contributed by atoms with van der Waals surface area (Å²) in [5.41, 5.74) is 3.13. The van der Waals surface area contributed by atoms with Gasteiger partial charge in [-0.2, -0.15) is 5.10 Å². The second-order valence-corrected chi connectivity index (χ2v) is 9.73. The molecule has 0 saturated heterocycles. The highest BCUT2D eigenvalue weighted by atomic mass is 32.2. The van der Waals surface area contributed by atoms with E-state index in [0.29, 0.717) is 43.8 Å². The second kappa shape index (κ2) is 9.25. The number of H-pyrrole nitrogens is 1. The molecule has 2 aromatic carbocycles. The van der Waals surface area contributed by atoms with Crippen LogP contribution in [0.2, 0.25) is 0 Å². The molecule has 1 atom stereocenters. The van der Waals surface area contributed by atoms with E-state index in [1.54, 1.807) is 24.3 Å². The lowest BCUT2D eigenvalue weighted by Gasteiger charge is -2.14. The Bertz CT molecular complexity index is 1140. The first-order valence-electron chi connectivity index (χ1n) is 10.6. The van der Waals surface area contributed by atoms with Crippen LogP contribution in [0.1, 0.15) is 37.1 Å². The summed E-state index contributed by atoms with van der Waals surface area (Å²) in [6.07, 6.45) is 1.54. The van der Waals surface area contributed by atoms with Crippen molar-refractivity contribution in [2.24, 2.45) is 0 Å². The number of aliphatic hydroxyl groups is 1. The first-order valence-corrected chi connectivity index (χ1v) is 12.1. The molecule has 0 aliphatic heterocycles.